The Kier molecular flexibility index (Phi) is 5.07. The van der Waals surface area contributed by atoms with Crippen molar-refractivity contribution in [1.82, 2.24) is 14.6 Å². The summed E-state index contributed by atoms with van der Waals surface area (Å²) < 4.78 is 7.15. The molecule has 8 heteroatoms. The van der Waals surface area contributed by atoms with Gasteiger partial charge in [0, 0.05) is 17.7 Å². The summed E-state index contributed by atoms with van der Waals surface area (Å²) in [6.45, 7) is 6.68. The molecule has 32 heavy (non-hydrogen) atoms. The Morgan fingerprint density at radius 1 is 1.12 bits per heavy atom. The van der Waals surface area contributed by atoms with Crippen molar-refractivity contribution in [3.63, 3.8) is 0 Å². The summed E-state index contributed by atoms with van der Waals surface area (Å²) in [5.41, 5.74) is 2.50. The highest BCUT2D eigenvalue weighted by atomic mass is 32.1. The second-order valence-electron chi connectivity index (χ2n) is 7.34. The van der Waals surface area contributed by atoms with Crippen molar-refractivity contribution in [3.8, 4) is 17.1 Å². The molecule has 160 valence electrons. The summed E-state index contributed by atoms with van der Waals surface area (Å²) in [5.74, 6) is 1.02. The average molecular weight is 445 g/mol. The standard InChI is InChI=1S/C24H20N4O3S/c1-3-13-27-18-8-6-5-7-17(18)19(22(27)29)20-23(30)28-24(32-20)25-21(26-28)15-9-11-16(12-10-15)31-14-4-2/h4-12H,2-3,13-14H2,1H3/b20-19-. The van der Waals surface area contributed by atoms with E-state index in [9.17, 15) is 9.59 Å². The Labute approximate surface area is 187 Å². The Balaban J connectivity index is 1.59. The third-order valence-electron chi connectivity index (χ3n) is 5.24. The van der Waals surface area contributed by atoms with Crippen molar-refractivity contribution in [2.75, 3.05) is 18.1 Å². The molecule has 0 saturated heterocycles. The van der Waals surface area contributed by atoms with Crippen LogP contribution in [0.25, 0.3) is 21.9 Å². The van der Waals surface area contributed by atoms with Crippen LogP contribution in [0.1, 0.15) is 18.9 Å². The second kappa shape index (κ2) is 8.05. The van der Waals surface area contributed by atoms with E-state index in [-0.39, 0.29) is 11.5 Å². The number of ether oxygens (including phenoxy) is 1. The Bertz CT molecular complexity index is 1450. The first-order chi connectivity index (χ1) is 15.6. The highest BCUT2D eigenvalue weighted by Crippen LogP contribution is 2.35. The van der Waals surface area contributed by atoms with Gasteiger partial charge in [-0.25, -0.2) is 0 Å². The van der Waals surface area contributed by atoms with Crippen LogP contribution in [0.15, 0.2) is 66.0 Å². The van der Waals surface area contributed by atoms with Gasteiger partial charge in [0.2, 0.25) is 4.96 Å². The number of thiazole rings is 1. The van der Waals surface area contributed by atoms with Crippen LogP contribution in [0.2, 0.25) is 0 Å². The third-order valence-corrected chi connectivity index (χ3v) is 6.26. The molecular formula is C24H20N4O3S. The van der Waals surface area contributed by atoms with E-state index in [4.69, 9.17) is 4.74 Å². The van der Waals surface area contributed by atoms with Gasteiger partial charge < -0.3 is 9.64 Å². The van der Waals surface area contributed by atoms with Gasteiger partial charge >= 0.3 is 0 Å². The van der Waals surface area contributed by atoms with Crippen molar-refractivity contribution >= 4 is 33.5 Å². The second-order valence-corrected chi connectivity index (χ2v) is 8.32. The fourth-order valence-corrected chi connectivity index (χ4v) is 4.81. The van der Waals surface area contributed by atoms with Crippen LogP contribution in [0, 0.1) is 0 Å². The summed E-state index contributed by atoms with van der Waals surface area (Å²) in [7, 11) is 0. The number of aromatic nitrogens is 3. The molecule has 5 rings (SSSR count). The Morgan fingerprint density at radius 3 is 2.62 bits per heavy atom. The molecular weight excluding hydrogens is 424 g/mol. The summed E-state index contributed by atoms with van der Waals surface area (Å²) in [6, 6.07) is 14.9. The lowest BCUT2D eigenvalue weighted by Crippen LogP contribution is -2.32. The lowest BCUT2D eigenvalue weighted by molar-refractivity contribution is -0.113. The first-order valence-electron chi connectivity index (χ1n) is 10.3. The fraction of sp³-hybridized carbons (Fsp3) is 0.167. The predicted octanol–water partition coefficient (Wildman–Crippen LogP) is 3.06. The van der Waals surface area contributed by atoms with Gasteiger partial charge in [0.1, 0.15) is 16.9 Å². The number of para-hydroxylation sites is 1. The zero-order valence-corrected chi connectivity index (χ0v) is 18.3. The summed E-state index contributed by atoms with van der Waals surface area (Å²) in [5, 5.41) is 4.41. The van der Waals surface area contributed by atoms with E-state index in [1.54, 1.807) is 11.0 Å². The highest BCUT2D eigenvalue weighted by Gasteiger charge is 2.33. The van der Waals surface area contributed by atoms with E-state index in [1.165, 1.54) is 15.9 Å². The zero-order valence-electron chi connectivity index (χ0n) is 17.4. The average Bonchev–Trinajstić information content (AvgIpc) is 3.44. The van der Waals surface area contributed by atoms with Gasteiger partial charge in [-0.1, -0.05) is 49.1 Å². The number of carbonyl (C=O) groups is 1. The first kappa shape index (κ1) is 20.1. The molecule has 0 N–H and O–H groups in total. The molecule has 0 unspecified atom stereocenters. The number of rotatable bonds is 6. The van der Waals surface area contributed by atoms with E-state index >= 15 is 0 Å². The van der Waals surface area contributed by atoms with Crippen molar-refractivity contribution in [2.45, 2.75) is 13.3 Å². The van der Waals surface area contributed by atoms with Crippen LogP contribution in [-0.4, -0.2) is 33.7 Å². The van der Waals surface area contributed by atoms with Crippen molar-refractivity contribution in [3.05, 3.63) is 81.6 Å². The summed E-state index contributed by atoms with van der Waals surface area (Å²) >= 11 is 1.19. The maximum Gasteiger partial charge on any atom is 0.291 e. The van der Waals surface area contributed by atoms with Crippen molar-refractivity contribution < 1.29 is 9.53 Å². The molecule has 1 aliphatic heterocycles. The number of nitrogens with zero attached hydrogens (tertiary/aromatic N) is 4. The van der Waals surface area contributed by atoms with E-state index in [0.29, 0.717) is 39.8 Å². The van der Waals surface area contributed by atoms with Crippen LogP contribution in [0.4, 0.5) is 5.69 Å². The first-order valence-corrected chi connectivity index (χ1v) is 11.1. The maximum absolute atomic E-state index is 13.2. The zero-order chi connectivity index (χ0) is 22.2. The lowest BCUT2D eigenvalue weighted by atomic mass is 10.1. The molecule has 1 aliphatic rings. The normalized spacial score (nSPS) is 14.8. The molecule has 0 spiro atoms. The highest BCUT2D eigenvalue weighted by molar-refractivity contribution is 7.15. The molecule has 0 fully saturated rings. The largest absolute Gasteiger partial charge is 0.490 e. The van der Waals surface area contributed by atoms with E-state index < -0.39 is 0 Å². The number of hydrogen-bond acceptors (Lipinski definition) is 6. The molecule has 3 heterocycles. The predicted molar refractivity (Wildman–Crippen MR) is 125 cm³/mol. The number of amides is 1. The van der Waals surface area contributed by atoms with Gasteiger partial charge in [0.15, 0.2) is 5.82 Å². The molecule has 0 atom stereocenters. The van der Waals surface area contributed by atoms with Gasteiger partial charge in [-0.15, -0.1) is 5.10 Å². The fourth-order valence-electron chi connectivity index (χ4n) is 3.81. The van der Waals surface area contributed by atoms with Crippen LogP contribution in [0.3, 0.4) is 0 Å². The molecule has 0 bridgehead atoms. The smallest absolute Gasteiger partial charge is 0.291 e. The minimum Gasteiger partial charge on any atom is -0.490 e. The van der Waals surface area contributed by atoms with Crippen molar-refractivity contribution in [1.29, 1.82) is 0 Å². The monoisotopic (exact) mass is 444 g/mol. The van der Waals surface area contributed by atoms with Crippen LogP contribution < -0.4 is 19.7 Å². The van der Waals surface area contributed by atoms with Gasteiger partial charge in [-0.2, -0.15) is 9.50 Å². The molecule has 1 amide bonds. The number of hydrogen-bond donors (Lipinski definition) is 0. The van der Waals surface area contributed by atoms with Crippen molar-refractivity contribution in [2.24, 2.45) is 0 Å². The van der Waals surface area contributed by atoms with E-state index in [0.717, 1.165) is 23.2 Å². The van der Waals surface area contributed by atoms with Crippen LogP contribution >= 0.6 is 11.3 Å². The number of benzene rings is 2. The lowest BCUT2D eigenvalue weighted by Gasteiger charge is -2.15. The SMILES string of the molecule is C=CCOc1ccc(-c2nc3s/c(=C4\C(=O)N(CCC)c5ccccc54)c(=O)n3n2)cc1. The van der Waals surface area contributed by atoms with E-state index in [2.05, 4.69) is 16.7 Å². The Morgan fingerprint density at radius 2 is 1.91 bits per heavy atom. The third kappa shape index (κ3) is 3.20. The minimum absolute atomic E-state index is 0.148. The quantitative estimate of drug-likeness (QED) is 0.427. The van der Waals surface area contributed by atoms with Crippen LogP contribution in [-0.2, 0) is 4.79 Å². The summed E-state index contributed by atoms with van der Waals surface area (Å²) in [6.07, 6.45) is 2.51. The number of fused-ring (bicyclic) bond motifs is 2. The molecule has 0 radical (unpaired) electrons. The topological polar surface area (TPSA) is 76.8 Å². The molecule has 0 saturated carbocycles. The van der Waals surface area contributed by atoms with Gasteiger partial charge in [-0.05, 0) is 36.8 Å². The van der Waals surface area contributed by atoms with Gasteiger partial charge in [0.05, 0.1) is 11.3 Å². The van der Waals surface area contributed by atoms with Gasteiger partial charge in [0.25, 0.3) is 11.5 Å². The molecule has 7 nitrogen and oxygen atoms in total. The molecule has 4 aromatic rings. The molecule has 2 aromatic heterocycles. The Hall–Kier alpha value is -3.78. The van der Waals surface area contributed by atoms with E-state index in [1.807, 2.05) is 55.5 Å². The summed E-state index contributed by atoms with van der Waals surface area (Å²) in [4.78, 5) is 33.1. The number of carbonyl (C=O) groups excluding carboxylic acids is 1. The van der Waals surface area contributed by atoms with Gasteiger partial charge in [-0.3, -0.25) is 9.59 Å². The maximum atomic E-state index is 13.2. The minimum atomic E-state index is -0.328. The molecule has 0 aliphatic carbocycles. The molecule has 2 aromatic carbocycles. The van der Waals surface area contributed by atoms with Crippen LogP contribution in [0.5, 0.6) is 5.75 Å². The number of anilines is 1.